The third kappa shape index (κ3) is 3.06. The number of aromatic nitrogens is 2. The molecule has 6 heteroatoms. The van der Waals surface area contributed by atoms with Crippen LogP contribution in [0.5, 0.6) is 0 Å². The van der Waals surface area contributed by atoms with Gasteiger partial charge in [0.25, 0.3) is 0 Å². The number of nitriles is 1. The Labute approximate surface area is 173 Å². The normalized spacial score (nSPS) is 23.7. The molecule has 1 N–H and O–H groups in total. The zero-order valence-electron chi connectivity index (χ0n) is 17.6. The SMILES string of the molecule is CCn1nc(C)cc1C1(C(=O)O)C=CC=CC1(C#N)c1ccc([Si](C)(C)C)cc1. The molecule has 1 aromatic carbocycles. The Hall–Kier alpha value is -2.91. The van der Waals surface area contributed by atoms with Gasteiger partial charge in [-0.05, 0) is 25.5 Å². The molecular weight excluding hydrogens is 378 g/mol. The van der Waals surface area contributed by atoms with Crippen molar-refractivity contribution in [3.8, 4) is 6.07 Å². The van der Waals surface area contributed by atoms with Crippen LogP contribution in [0.15, 0.2) is 54.6 Å². The van der Waals surface area contributed by atoms with Crippen molar-refractivity contribution in [1.82, 2.24) is 9.78 Å². The minimum Gasteiger partial charge on any atom is -0.480 e. The molecule has 0 bridgehead atoms. The van der Waals surface area contributed by atoms with E-state index in [1.807, 2.05) is 38.1 Å². The van der Waals surface area contributed by atoms with Gasteiger partial charge in [0.15, 0.2) is 5.41 Å². The van der Waals surface area contributed by atoms with E-state index in [2.05, 4.69) is 30.8 Å². The summed E-state index contributed by atoms with van der Waals surface area (Å²) in [5.41, 5.74) is -1.04. The Bertz CT molecular complexity index is 1040. The highest BCUT2D eigenvalue weighted by Crippen LogP contribution is 2.48. The van der Waals surface area contributed by atoms with Crippen molar-refractivity contribution in [2.45, 2.75) is 50.9 Å². The van der Waals surface area contributed by atoms with Crippen molar-refractivity contribution < 1.29 is 9.90 Å². The monoisotopic (exact) mass is 405 g/mol. The Morgan fingerprint density at radius 3 is 2.34 bits per heavy atom. The number of hydrogen-bond donors (Lipinski definition) is 1. The van der Waals surface area contributed by atoms with Crippen molar-refractivity contribution in [2.75, 3.05) is 0 Å². The van der Waals surface area contributed by atoms with Crippen LogP contribution in [0, 0.1) is 18.3 Å². The fourth-order valence-electron chi connectivity index (χ4n) is 4.15. The van der Waals surface area contributed by atoms with Crippen LogP contribution in [-0.4, -0.2) is 28.9 Å². The lowest BCUT2D eigenvalue weighted by atomic mass is 9.57. The molecule has 0 amide bonds. The number of nitrogens with zero attached hydrogens (tertiary/aromatic N) is 3. The van der Waals surface area contributed by atoms with E-state index < -0.39 is 24.9 Å². The molecule has 29 heavy (non-hydrogen) atoms. The van der Waals surface area contributed by atoms with Gasteiger partial charge in [-0.15, -0.1) is 0 Å². The van der Waals surface area contributed by atoms with Crippen LogP contribution >= 0.6 is 0 Å². The summed E-state index contributed by atoms with van der Waals surface area (Å²) in [6.45, 7) is 11.1. The van der Waals surface area contributed by atoms with E-state index in [1.54, 1.807) is 35.1 Å². The van der Waals surface area contributed by atoms with Gasteiger partial charge >= 0.3 is 5.97 Å². The molecule has 0 spiro atoms. The first-order valence-electron chi connectivity index (χ1n) is 9.80. The van der Waals surface area contributed by atoms with Gasteiger partial charge in [-0.1, -0.05) is 73.4 Å². The molecule has 1 heterocycles. The van der Waals surface area contributed by atoms with Crippen molar-refractivity contribution in [3.63, 3.8) is 0 Å². The molecule has 1 aliphatic rings. The Morgan fingerprint density at radius 1 is 1.21 bits per heavy atom. The summed E-state index contributed by atoms with van der Waals surface area (Å²) in [6, 6.07) is 12.1. The Kier molecular flexibility index (Phi) is 5.14. The Morgan fingerprint density at radius 2 is 1.83 bits per heavy atom. The molecule has 0 saturated carbocycles. The zero-order chi connectivity index (χ0) is 21.4. The number of carbonyl (C=O) groups is 1. The molecule has 0 aliphatic heterocycles. The fraction of sp³-hybridized carbons (Fsp3) is 0.348. The number of allylic oxidation sites excluding steroid dienone is 3. The van der Waals surface area contributed by atoms with Crippen LogP contribution in [0.3, 0.4) is 0 Å². The van der Waals surface area contributed by atoms with Crippen LogP contribution in [0.25, 0.3) is 0 Å². The van der Waals surface area contributed by atoms with E-state index in [-0.39, 0.29) is 0 Å². The number of aliphatic carboxylic acids is 1. The van der Waals surface area contributed by atoms with E-state index in [4.69, 9.17) is 0 Å². The van der Waals surface area contributed by atoms with Gasteiger partial charge in [-0.25, -0.2) is 0 Å². The van der Waals surface area contributed by atoms with Crippen LogP contribution < -0.4 is 5.19 Å². The molecule has 1 aliphatic carbocycles. The van der Waals surface area contributed by atoms with Gasteiger partial charge in [0, 0.05) is 6.54 Å². The summed E-state index contributed by atoms with van der Waals surface area (Å²) in [7, 11) is -1.52. The summed E-state index contributed by atoms with van der Waals surface area (Å²) in [6.07, 6.45) is 6.82. The molecule has 2 unspecified atom stereocenters. The predicted octanol–water partition coefficient (Wildman–Crippen LogP) is 3.67. The maximum Gasteiger partial charge on any atom is 0.322 e. The molecular formula is C23H27N3O2Si. The van der Waals surface area contributed by atoms with Gasteiger partial charge in [-0.2, -0.15) is 10.4 Å². The maximum absolute atomic E-state index is 12.9. The second-order valence-corrected chi connectivity index (χ2v) is 13.6. The van der Waals surface area contributed by atoms with Crippen molar-refractivity contribution in [2.24, 2.45) is 0 Å². The van der Waals surface area contributed by atoms with E-state index in [9.17, 15) is 15.2 Å². The predicted molar refractivity (Wildman–Crippen MR) is 117 cm³/mol. The molecule has 0 saturated heterocycles. The maximum atomic E-state index is 12.9. The average molecular weight is 406 g/mol. The quantitative estimate of drug-likeness (QED) is 0.770. The minimum atomic E-state index is -1.57. The van der Waals surface area contributed by atoms with Gasteiger partial charge in [0.1, 0.15) is 5.41 Å². The first kappa shape index (κ1) is 20.8. The molecule has 5 nitrogen and oxygen atoms in total. The highest BCUT2D eigenvalue weighted by Gasteiger charge is 2.59. The first-order chi connectivity index (χ1) is 13.6. The topological polar surface area (TPSA) is 78.9 Å². The molecule has 0 radical (unpaired) electrons. The number of rotatable bonds is 5. The standard InChI is InChI=1S/C23H27N3O2Si/c1-6-26-20(15-17(2)25-26)23(21(27)28)14-8-7-13-22(23,16-24)18-9-11-19(12-10-18)29(3,4)5/h7-15H,6H2,1-5H3,(H,27,28). The molecule has 0 fully saturated rings. The third-order valence-electron chi connectivity index (χ3n) is 5.75. The summed E-state index contributed by atoms with van der Waals surface area (Å²) in [5.74, 6) is -1.07. The molecule has 150 valence electrons. The average Bonchev–Trinajstić information content (AvgIpc) is 3.08. The van der Waals surface area contributed by atoms with Crippen LogP contribution in [0.2, 0.25) is 19.6 Å². The van der Waals surface area contributed by atoms with Crippen LogP contribution in [0.4, 0.5) is 0 Å². The van der Waals surface area contributed by atoms with Gasteiger partial charge < -0.3 is 5.11 Å². The largest absolute Gasteiger partial charge is 0.480 e. The van der Waals surface area contributed by atoms with E-state index in [1.165, 1.54) is 5.19 Å². The fourth-order valence-corrected chi connectivity index (χ4v) is 5.32. The number of carboxylic acids is 1. The lowest BCUT2D eigenvalue weighted by molar-refractivity contribution is -0.143. The van der Waals surface area contributed by atoms with E-state index >= 15 is 0 Å². The second-order valence-electron chi connectivity index (χ2n) is 8.57. The highest BCUT2D eigenvalue weighted by molar-refractivity contribution is 6.88. The summed E-state index contributed by atoms with van der Waals surface area (Å²) >= 11 is 0. The molecule has 3 rings (SSSR count). The second kappa shape index (κ2) is 7.16. The molecule has 1 aromatic heterocycles. The van der Waals surface area contributed by atoms with Gasteiger partial charge in [0.05, 0.1) is 25.5 Å². The number of benzene rings is 1. The lowest BCUT2D eigenvalue weighted by Gasteiger charge is -2.41. The molecule has 2 atom stereocenters. The summed E-state index contributed by atoms with van der Waals surface area (Å²) in [5, 5.41) is 26.7. The zero-order valence-corrected chi connectivity index (χ0v) is 18.6. The number of hydrogen-bond acceptors (Lipinski definition) is 3. The summed E-state index contributed by atoms with van der Waals surface area (Å²) < 4.78 is 1.69. The number of aryl methyl sites for hydroxylation is 2. The minimum absolute atomic E-state index is 0.515. The number of carboxylic acid groups (broad SMARTS) is 1. The first-order valence-corrected chi connectivity index (χ1v) is 13.3. The van der Waals surface area contributed by atoms with Crippen LogP contribution in [0.1, 0.15) is 23.9 Å². The van der Waals surface area contributed by atoms with Gasteiger partial charge in [-0.3, -0.25) is 9.48 Å². The third-order valence-corrected chi connectivity index (χ3v) is 7.82. The Balaban J connectivity index is 2.33. The summed E-state index contributed by atoms with van der Waals surface area (Å²) in [4.78, 5) is 12.9. The smallest absolute Gasteiger partial charge is 0.322 e. The van der Waals surface area contributed by atoms with E-state index in [0.717, 1.165) is 5.69 Å². The van der Waals surface area contributed by atoms with Crippen molar-refractivity contribution in [1.29, 1.82) is 5.26 Å². The lowest BCUT2D eigenvalue weighted by Crippen LogP contribution is -2.54. The van der Waals surface area contributed by atoms with E-state index in [0.29, 0.717) is 17.8 Å². The van der Waals surface area contributed by atoms with Crippen molar-refractivity contribution >= 4 is 19.2 Å². The molecule has 2 aromatic rings. The van der Waals surface area contributed by atoms with Crippen LogP contribution in [-0.2, 0) is 22.2 Å². The highest BCUT2D eigenvalue weighted by atomic mass is 28.3. The van der Waals surface area contributed by atoms with Crippen molar-refractivity contribution in [3.05, 3.63) is 71.6 Å². The van der Waals surface area contributed by atoms with Gasteiger partial charge in [0.2, 0.25) is 0 Å².